The van der Waals surface area contributed by atoms with Gasteiger partial charge in [0.1, 0.15) is 0 Å². The molecule has 1 heterocycles. The van der Waals surface area contributed by atoms with E-state index in [4.69, 9.17) is 27.7 Å². The molecule has 0 aliphatic carbocycles. The van der Waals surface area contributed by atoms with Gasteiger partial charge in [0.15, 0.2) is 0 Å². The highest BCUT2D eigenvalue weighted by Gasteiger charge is 2.12. The summed E-state index contributed by atoms with van der Waals surface area (Å²) in [6.45, 7) is 4.00. The fourth-order valence-electron chi connectivity index (χ4n) is 1.55. The van der Waals surface area contributed by atoms with Crippen molar-refractivity contribution < 1.29 is 9.32 Å². The van der Waals surface area contributed by atoms with Crippen molar-refractivity contribution in [1.82, 2.24) is 5.16 Å². The fourth-order valence-corrected chi connectivity index (χ4v) is 3.04. The second kappa shape index (κ2) is 7.20. The Kier molecular flexibility index (Phi) is 5.56. The Morgan fingerprint density at radius 3 is 2.62 bits per heavy atom. The van der Waals surface area contributed by atoms with E-state index < -0.39 is 0 Å². The van der Waals surface area contributed by atoms with E-state index in [0.29, 0.717) is 20.8 Å². The Morgan fingerprint density at radius 2 is 2.05 bits per heavy atom. The summed E-state index contributed by atoms with van der Waals surface area (Å²) in [5.41, 5.74) is 0.798. The van der Waals surface area contributed by atoms with Gasteiger partial charge in [-0.2, -0.15) is 0 Å². The molecule has 2 aromatic rings. The average molecular weight is 345 g/mol. The van der Waals surface area contributed by atoms with Crippen LogP contribution < -0.4 is 5.32 Å². The molecule has 1 aromatic carbocycles. The monoisotopic (exact) mass is 344 g/mol. The second-order valence-electron chi connectivity index (χ2n) is 4.66. The first kappa shape index (κ1) is 16.2. The summed E-state index contributed by atoms with van der Waals surface area (Å²) < 4.78 is 5.05. The van der Waals surface area contributed by atoms with Gasteiger partial charge >= 0.3 is 0 Å². The van der Waals surface area contributed by atoms with Crippen LogP contribution in [0, 0.1) is 0 Å². The SMILES string of the molecule is CC(C)c1cc(NC(=O)CSc2c(Cl)cccc2Cl)on1. The van der Waals surface area contributed by atoms with Crippen LogP contribution >= 0.6 is 35.0 Å². The van der Waals surface area contributed by atoms with Crippen molar-refractivity contribution in [3.8, 4) is 0 Å². The lowest BCUT2D eigenvalue weighted by molar-refractivity contribution is -0.113. The van der Waals surface area contributed by atoms with Crippen molar-refractivity contribution >= 4 is 46.8 Å². The van der Waals surface area contributed by atoms with Crippen LogP contribution in [0.4, 0.5) is 5.88 Å². The minimum absolute atomic E-state index is 0.182. The maximum Gasteiger partial charge on any atom is 0.237 e. The van der Waals surface area contributed by atoms with Crippen molar-refractivity contribution in [2.24, 2.45) is 0 Å². The summed E-state index contributed by atoms with van der Waals surface area (Å²) in [5, 5.41) is 7.59. The van der Waals surface area contributed by atoms with Crippen LogP contribution in [0.5, 0.6) is 0 Å². The molecule has 0 bridgehead atoms. The van der Waals surface area contributed by atoms with Gasteiger partial charge in [0.05, 0.1) is 21.5 Å². The highest BCUT2D eigenvalue weighted by atomic mass is 35.5. The zero-order valence-electron chi connectivity index (χ0n) is 11.5. The van der Waals surface area contributed by atoms with Crippen LogP contribution in [0.3, 0.4) is 0 Å². The largest absolute Gasteiger partial charge is 0.338 e. The van der Waals surface area contributed by atoms with Crippen LogP contribution in [-0.4, -0.2) is 16.8 Å². The number of carbonyl (C=O) groups excluding carboxylic acids is 1. The van der Waals surface area contributed by atoms with Gasteiger partial charge in [-0.1, -0.05) is 48.3 Å². The second-order valence-corrected chi connectivity index (χ2v) is 6.46. The van der Waals surface area contributed by atoms with E-state index in [1.807, 2.05) is 13.8 Å². The summed E-state index contributed by atoms with van der Waals surface area (Å²) in [4.78, 5) is 12.6. The van der Waals surface area contributed by atoms with Crippen molar-refractivity contribution in [2.45, 2.75) is 24.7 Å². The summed E-state index contributed by atoms with van der Waals surface area (Å²) in [6.07, 6.45) is 0. The maximum absolute atomic E-state index is 11.9. The third-order valence-corrected chi connectivity index (χ3v) is 4.64. The maximum atomic E-state index is 11.9. The van der Waals surface area contributed by atoms with Gasteiger partial charge in [-0.15, -0.1) is 11.8 Å². The number of carbonyl (C=O) groups is 1. The minimum Gasteiger partial charge on any atom is -0.338 e. The molecule has 0 spiro atoms. The molecule has 0 radical (unpaired) electrons. The van der Waals surface area contributed by atoms with E-state index in [2.05, 4.69) is 10.5 Å². The highest BCUT2D eigenvalue weighted by Crippen LogP contribution is 2.33. The first-order valence-electron chi connectivity index (χ1n) is 6.30. The van der Waals surface area contributed by atoms with Gasteiger partial charge in [-0.3, -0.25) is 10.1 Å². The molecule has 0 fully saturated rings. The summed E-state index contributed by atoms with van der Waals surface area (Å²) in [7, 11) is 0. The first-order valence-corrected chi connectivity index (χ1v) is 8.05. The number of thioether (sulfide) groups is 1. The van der Waals surface area contributed by atoms with Crippen LogP contribution in [0.15, 0.2) is 33.7 Å². The number of hydrogen-bond acceptors (Lipinski definition) is 4. The van der Waals surface area contributed by atoms with Crippen molar-refractivity contribution in [1.29, 1.82) is 0 Å². The lowest BCUT2D eigenvalue weighted by Gasteiger charge is -2.05. The summed E-state index contributed by atoms with van der Waals surface area (Å²) in [5.74, 6) is 0.564. The summed E-state index contributed by atoms with van der Waals surface area (Å²) >= 11 is 13.4. The summed E-state index contributed by atoms with van der Waals surface area (Å²) in [6, 6.07) is 6.95. The molecule has 1 amide bonds. The molecule has 112 valence electrons. The minimum atomic E-state index is -0.206. The molecule has 1 N–H and O–H groups in total. The first-order chi connectivity index (χ1) is 9.97. The van der Waals surface area contributed by atoms with Crippen LogP contribution in [0.25, 0.3) is 0 Å². The smallest absolute Gasteiger partial charge is 0.237 e. The van der Waals surface area contributed by atoms with Gasteiger partial charge in [0.2, 0.25) is 11.8 Å². The molecule has 4 nitrogen and oxygen atoms in total. The number of aromatic nitrogens is 1. The Bertz CT molecular complexity index is 623. The number of rotatable bonds is 5. The molecular formula is C14H14Cl2N2O2S. The zero-order chi connectivity index (χ0) is 15.4. The average Bonchev–Trinajstić information content (AvgIpc) is 2.87. The number of benzene rings is 1. The molecule has 21 heavy (non-hydrogen) atoms. The fraction of sp³-hybridized carbons (Fsp3) is 0.286. The molecule has 7 heteroatoms. The zero-order valence-corrected chi connectivity index (χ0v) is 13.9. The molecule has 0 atom stereocenters. The van der Waals surface area contributed by atoms with Gasteiger partial charge in [-0.05, 0) is 18.1 Å². The predicted molar refractivity (Wildman–Crippen MR) is 86.4 cm³/mol. The number of anilines is 1. The van der Waals surface area contributed by atoms with E-state index >= 15 is 0 Å². The topological polar surface area (TPSA) is 55.1 Å². The van der Waals surface area contributed by atoms with E-state index in [1.54, 1.807) is 24.3 Å². The number of hydrogen-bond donors (Lipinski definition) is 1. The lowest BCUT2D eigenvalue weighted by atomic mass is 10.1. The van der Waals surface area contributed by atoms with Crippen LogP contribution in [0.1, 0.15) is 25.5 Å². The lowest BCUT2D eigenvalue weighted by Crippen LogP contribution is -2.13. The van der Waals surface area contributed by atoms with Crippen molar-refractivity contribution in [3.63, 3.8) is 0 Å². The molecule has 0 unspecified atom stereocenters. The van der Waals surface area contributed by atoms with E-state index in [0.717, 1.165) is 5.69 Å². The Labute approximate surface area is 137 Å². The van der Waals surface area contributed by atoms with E-state index in [-0.39, 0.29) is 17.6 Å². The highest BCUT2D eigenvalue weighted by molar-refractivity contribution is 8.00. The van der Waals surface area contributed by atoms with Gasteiger partial charge in [-0.25, -0.2) is 0 Å². The molecule has 0 aliphatic rings. The van der Waals surface area contributed by atoms with E-state index in [1.165, 1.54) is 11.8 Å². The molecule has 1 aromatic heterocycles. The number of nitrogens with zero attached hydrogens (tertiary/aromatic N) is 1. The third kappa shape index (κ3) is 4.40. The predicted octanol–water partition coefficient (Wildman–Crippen LogP) is 4.84. The molecule has 0 saturated carbocycles. The van der Waals surface area contributed by atoms with Gasteiger partial charge < -0.3 is 4.52 Å². The van der Waals surface area contributed by atoms with Gasteiger partial charge in [0.25, 0.3) is 0 Å². The molecular weight excluding hydrogens is 331 g/mol. The quantitative estimate of drug-likeness (QED) is 0.788. The van der Waals surface area contributed by atoms with Gasteiger partial charge in [0, 0.05) is 11.0 Å². The number of amides is 1. The Morgan fingerprint density at radius 1 is 1.38 bits per heavy atom. The number of nitrogens with one attached hydrogen (secondary N) is 1. The third-order valence-electron chi connectivity index (χ3n) is 2.65. The molecule has 2 rings (SSSR count). The standard InChI is InChI=1S/C14H14Cl2N2O2S/c1-8(2)11-6-13(20-18-11)17-12(19)7-21-14-9(15)4-3-5-10(14)16/h3-6,8H,7H2,1-2H3,(H,17,19). The molecule has 0 saturated heterocycles. The Hall–Kier alpha value is -1.17. The van der Waals surface area contributed by atoms with Crippen molar-refractivity contribution in [2.75, 3.05) is 11.1 Å². The number of halogens is 2. The molecule has 0 aliphatic heterocycles. The van der Waals surface area contributed by atoms with Crippen molar-refractivity contribution in [3.05, 3.63) is 40.0 Å². The normalized spacial score (nSPS) is 10.9. The Balaban J connectivity index is 1.93. The van der Waals surface area contributed by atoms with E-state index in [9.17, 15) is 4.79 Å². The van der Waals surface area contributed by atoms with Crippen LogP contribution in [-0.2, 0) is 4.79 Å². The van der Waals surface area contributed by atoms with Crippen LogP contribution in [0.2, 0.25) is 10.0 Å².